The van der Waals surface area contributed by atoms with Gasteiger partial charge >= 0.3 is 0 Å². The van der Waals surface area contributed by atoms with Crippen molar-refractivity contribution in [3.8, 4) is 0 Å². The Morgan fingerprint density at radius 2 is 1.48 bits per heavy atom. The Balaban J connectivity index is 1.69. The molecule has 7 heteroatoms. The number of primary amides is 1. The van der Waals surface area contributed by atoms with E-state index in [0.29, 0.717) is 30.5 Å². The second-order valence-corrected chi connectivity index (χ2v) is 9.31. The number of aryl methyl sites for hydroxylation is 5. The number of nitrogens with zero attached hydrogens (tertiary/aromatic N) is 1. The molecule has 0 saturated heterocycles. The summed E-state index contributed by atoms with van der Waals surface area (Å²) in [7, 11) is -3.21. The minimum Gasteiger partial charge on any atom is -0.365 e. The highest BCUT2D eigenvalue weighted by molar-refractivity contribution is 7.90. The van der Waals surface area contributed by atoms with E-state index in [4.69, 9.17) is 5.73 Å². The Kier molecular flexibility index (Phi) is 6.17. The highest BCUT2D eigenvalue weighted by Crippen LogP contribution is 2.17. The van der Waals surface area contributed by atoms with E-state index in [2.05, 4.69) is 34.5 Å². The second kappa shape index (κ2) is 8.61. The average Bonchev–Trinajstić information content (AvgIpc) is 3.09. The summed E-state index contributed by atoms with van der Waals surface area (Å²) in [6.45, 7) is 2.05. The molecule has 0 atom stereocenters. The zero-order valence-electron chi connectivity index (χ0n) is 16.6. The van der Waals surface area contributed by atoms with Crippen molar-refractivity contribution in [2.24, 2.45) is 5.73 Å². The molecule has 0 aliphatic carbocycles. The van der Waals surface area contributed by atoms with Crippen LogP contribution < -0.4 is 5.73 Å². The standard InChI is InChI=1S/C22H25N3O3S/c1-15-3-5-16(6-4-15)9-13-19-21(22(23)26)20(25-24-19)14-10-17-7-11-18(12-8-17)29(2,27)28/h3-8,11-12H,9-10,13-14H2,1-2H3,(H2,23,26)(H,24,25). The van der Waals surface area contributed by atoms with Gasteiger partial charge in [-0.15, -0.1) is 0 Å². The van der Waals surface area contributed by atoms with Crippen molar-refractivity contribution in [3.63, 3.8) is 0 Å². The first-order chi connectivity index (χ1) is 13.7. The summed E-state index contributed by atoms with van der Waals surface area (Å²) in [5, 5.41) is 7.29. The lowest BCUT2D eigenvalue weighted by Crippen LogP contribution is -2.15. The second-order valence-electron chi connectivity index (χ2n) is 7.29. The third-order valence-corrected chi connectivity index (χ3v) is 6.08. The summed E-state index contributed by atoms with van der Waals surface area (Å²) in [5.41, 5.74) is 10.8. The van der Waals surface area contributed by atoms with Gasteiger partial charge in [0.1, 0.15) is 0 Å². The highest BCUT2D eigenvalue weighted by atomic mass is 32.2. The predicted octanol–water partition coefficient (Wildman–Crippen LogP) is 2.79. The molecule has 2 aromatic carbocycles. The lowest BCUT2D eigenvalue weighted by atomic mass is 10.0. The molecule has 0 radical (unpaired) electrons. The zero-order chi connectivity index (χ0) is 21.0. The Bertz CT molecular complexity index is 1100. The number of carbonyl (C=O) groups is 1. The molecule has 3 N–H and O–H groups in total. The van der Waals surface area contributed by atoms with Crippen LogP contribution in [-0.4, -0.2) is 30.8 Å². The van der Waals surface area contributed by atoms with Crippen molar-refractivity contribution in [2.45, 2.75) is 37.5 Å². The average molecular weight is 412 g/mol. The Morgan fingerprint density at radius 1 is 0.931 bits per heavy atom. The number of sulfone groups is 1. The molecule has 0 fully saturated rings. The molecule has 6 nitrogen and oxygen atoms in total. The van der Waals surface area contributed by atoms with Gasteiger partial charge in [0, 0.05) is 11.9 Å². The monoisotopic (exact) mass is 411 g/mol. The van der Waals surface area contributed by atoms with Gasteiger partial charge in [-0.3, -0.25) is 9.89 Å². The van der Waals surface area contributed by atoms with Gasteiger partial charge in [0.15, 0.2) is 9.84 Å². The van der Waals surface area contributed by atoms with E-state index in [0.717, 1.165) is 17.7 Å². The first-order valence-corrected chi connectivity index (χ1v) is 11.3. The summed E-state index contributed by atoms with van der Waals surface area (Å²) >= 11 is 0. The van der Waals surface area contributed by atoms with Gasteiger partial charge in [-0.05, 0) is 55.9 Å². The van der Waals surface area contributed by atoms with Gasteiger partial charge in [-0.25, -0.2) is 8.42 Å². The van der Waals surface area contributed by atoms with Gasteiger partial charge < -0.3 is 5.73 Å². The van der Waals surface area contributed by atoms with Crippen LogP contribution in [0.15, 0.2) is 53.4 Å². The van der Waals surface area contributed by atoms with Crippen LogP contribution in [0.2, 0.25) is 0 Å². The van der Waals surface area contributed by atoms with Crippen molar-refractivity contribution in [1.29, 1.82) is 0 Å². The maximum Gasteiger partial charge on any atom is 0.252 e. The largest absolute Gasteiger partial charge is 0.365 e. The third kappa shape index (κ3) is 5.32. The molecule has 152 valence electrons. The van der Waals surface area contributed by atoms with Crippen molar-refractivity contribution in [2.75, 3.05) is 6.26 Å². The van der Waals surface area contributed by atoms with E-state index >= 15 is 0 Å². The van der Waals surface area contributed by atoms with Crippen LogP contribution in [0.5, 0.6) is 0 Å². The first kappa shape index (κ1) is 20.8. The van der Waals surface area contributed by atoms with Crippen molar-refractivity contribution in [1.82, 2.24) is 10.2 Å². The molecule has 0 unspecified atom stereocenters. The molecule has 0 bridgehead atoms. The lowest BCUT2D eigenvalue weighted by molar-refractivity contribution is 0.0998. The maximum atomic E-state index is 12.0. The number of rotatable bonds is 8. The van der Waals surface area contributed by atoms with Crippen molar-refractivity contribution >= 4 is 15.7 Å². The third-order valence-electron chi connectivity index (χ3n) is 4.95. The van der Waals surface area contributed by atoms with Crippen LogP contribution in [0.3, 0.4) is 0 Å². The summed E-state index contributed by atoms with van der Waals surface area (Å²) in [6, 6.07) is 15.0. The SMILES string of the molecule is Cc1ccc(CCc2[nH]nc(CCc3ccc(S(C)(=O)=O)cc3)c2C(N)=O)cc1. The number of H-pyrrole nitrogens is 1. The molecule has 1 heterocycles. The fourth-order valence-electron chi connectivity index (χ4n) is 3.26. The van der Waals surface area contributed by atoms with Gasteiger partial charge in [0.05, 0.1) is 16.2 Å². The van der Waals surface area contributed by atoms with Crippen molar-refractivity contribution < 1.29 is 13.2 Å². The number of aromatic nitrogens is 2. The number of carbonyl (C=O) groups excluding carboxylic acids is 1. The molecule has 1 amide bonds. The Hall–Kier alpha value is -2.93. The normalized spacial score (nSPS) is 11.5. The zero-order valence-corrected chi connectivity index (χ0v) is 17.4. The van der Waals surface area contributed by atoms with Crippen LogP contribution in [0.1, 0.15) is 38.4 Å². The molecule has 3 aromatic rings. The molecule has 3 rings (SSSR count). The Morgan fingerprint density at radius 3 is 2.03 bits per heavy atom. The summed E-state index contributed by atoms with van der Waals surface area (Å²) < 4.78 is 23.1. The molecule has 0 spiro atoms. The van der Waals surface area contributed by atoms with Crippen molar-refractivity contribution in [3.05, 3.63) is 82.2 Å². The first-order valence-electron chi connectivity index (χ1n) is 9.44. The van der Waals surface area contributed by atoms with E-state index in [-0.39, 0.29) is 4.90 Å². The topological polar surface area (TPSA) is 106 Å². The molecular formula is C22H25N3O3S. The van der Waals surface area contributed by atoms with E-state index in [1.807, 2.05) is 6.92 Å². The van der Waals surface area contributed by atoms with Crippen LogP contribution in [0, 0.1) is 6.92 Å². The predicted molar refractivity (Wildman–Crippen MR) is 113 cm³/mol. The fourth-order valence-corrected chi connectivity index (χ4v) is 3.89. The van der Waals surface area contributed by atoms with Gasteiger partial charge in [0.2, 0.25) is 0 Å². The van der Waals surface area contributed by atoms with Crippen LogP contribution >= 0.6 is 0 Å². The van der Waals surface area contributed by atoms with Gasteiger partial charge in [-0.1, -0.05) is 42.0 Å². The van der Waals surface area contributed by atoms with E-state index in [9.17, 15) is 13.2 Å². The number of hydrogen-bond donors (Lipinski definition) is 2. The number of aromatic amines is 1. The Labute approximate surface area is 171 Å². The molecular weight excluding hydrogens is 386 g/mol. The smallest absolute Gasteiger partial charge is 0.252 e. The number of amides is 1. The molecule has 0 saturated carbocycles. The lowest BCUT2D eigenvalue weighted by Gasteiger charge is -2.05. The number of nitrogens with two attached hydrogens (primary N) is 1. The van der Waals surface area contributed by atoms with E-state index in [1.54, 1.807) is 24.3 Å². The molecule has 0 aliphatic rings. The van der Waals surface area contributed by atoms with Crippen LogP contribution in [-0.2, 0) is 35.5 Å². The molecule has 1 aromatic heterocycles. The number of benzene rings is 2. The molecule has 29 heavy (non-hydrogen) atoms. The highest BCUT2D eigenvalue weighted by Gasteiger charge is 2.18. The summed E-state index contributed by atoms with van der Waals surface area (Å²) in [6.07, 6.45) is 3.79. The van der Waals surface area contributed by atoms with E-state index < -0.39 is 15.7 Å². The van der Waals surface area contributed by atoms with Gasteiger partial charge in [0.25, 0.3) is 5.91 Å². The summed E-state index contributed by atoms with van der Waals surface area (Å²) in [5.74, 6) is -0.486. The van der Waals surface area contributed by atoms with Crippen LogP contribution in [0.4, 0.5) is 0 Å². The van der Waals surface area contributed by atoms with Crippen LogP contribution in [0.25, 0.3) is 0 Å². The minimum absolute atomic E-state index is 0.289. The number of hydrogen-bond acceptors (Lipinski definition) is 4. The quantitative estimate of drug-likeness (QED) is 0.594. The molecule has 0 aliphatic heterocycles. The fraction of sp³-hybridized carbons (Fsp3) is 0.273. The van der Waals surface area contributed by atoms with Gasteiger partial charge in [-0.2, -0.15) is 5.10 Å². The summed E-state index contributed by atoms with van der Waals surface area (Å²) in [4.78, 5) is 12.3. The minimum atomic E-state index is -3.21. The maximum absolute atomic E-state index is 12.0. The number of nitrogens with one attached hydrogen (secondary N) is 1. The van der Waals surface area contributed by atoms with E-state index in [1.165, 1.54) is 17.4 Å².